The van der Waals surface area contributed by atoms with Crippen LogP contribution < -0.4 is 4.90 Å². The molecular formula is C31H43Cl2NO3P+. The smallest absolute Gasteiger partial charge is 0.268 e. The van der Waals surface area contributed by atoms with Crippen LogP contribution in [0.4, 0.5) is 5.69 Å². The number of carbonyl (C=O) groups excluding carboxylic acids is 2. The minimum Gasteiger partial charge on any atom is -0.512 e. The molecule has 38 heavy (non-hydrogen) atoms. The fourth-order valence-corrected chi connectivity index (χ4v) is 11.4. The molecule has 1 N–H and O–H groups in total. The summed E-state index contributed by atoms with van der Waals surface area (Å²) in [7, 11) is -1.84. The van der Waals surface area contributed by atoms with Gasteiger partial charge in [-0.25, -0.2) is 4.90 Å². The molecule has 0 fully saturated rings. The number of rotatable bonds is 14. The zero-order valence-corrected chi connectivity index (χ0v) is 25.9. The lowest BCUT2D eigenvalue weighted by atomic mass is 10.0. The van der Waals surface area contributed by atoms with E-state index < -0.39 is 19.1 Å². The first-order valence-electron chi connectivity index (χ1n) is 13.7. The Morgan fingerprint density at radius 3 is 1.79 bits per heavy atom. The van der Waals surface area contributed by atoms with Gasteiger partial charge < -0.3 is 5.11 Å². The molecule has 0 heterocycles. The van der Waals surface area contributed by atoms with Gasteiger partial charge in [-0.15, -0.1) is 0 Å². The number of benzene rings is 2. The van der Waals surface area contributed by atoms with Crippen LogP contribution in [0.1, 0.15) is 84.4 Å². The molecule has 0 radical (unpaired) electrons. The molecule has 0 saturated heterocycles. The van der Waals surface area contributed by atoms with Gasteiger partial charge in [-0.05, 0) is 49.9 Å². The molecule has 2 aromatic carbocycles. The average molecular weight is 580 g/mol. The van der Waals surface area contributed by atoms with E-state index in [1.54, 1.807) is 19.1 Å². The van der Waals surface area contributed by atoms with E-state index >= 15 is 0 Å². The molecule has 2 aromatic rings. The highest BCUT2D eigenvalue weighted by Crippen LogP contribution is 2.73. The van der Waals surface area contributed by atoms with Gasteiger partial charge in [0.1, 0.15) is 11.4 Å². The zero-order chi connectivity index (χ0) is 28.3. The van der Waals surface area contributed by atoms with Crippen molar-refractivity contribution in [3.63, 3.8) is 0 Å². The molecule has 208 valence electrons. The lowest BCUT2D eigenvalue weighted by Gasteiger charge is -2.38. The highest BCUT2D eigenvalue weighted by molar-refractivity contribution is 7.76. The number of aliphatic hydroxyl groups excluding tert-OH is 1. The average Bonchev–Trinajstić information content (AvgIpc) is 2.89. The minimum atomic E-state index is -1.84. The molecule has 0 bridgehead atoms. The number of carbonyl (C=O) groups is 2. The summed E-state index contributed by atoms with van der Waals surface area (Å²) in [6.07, 6.45) is 9.53. The van der Waals surface area contributed by atoms with Crippen molar-refractivity contribution in [2.24, 2.45) is 0 Å². The molecule has 1 atom stereocenters. The molecule has 0 aliphatic heterocycles. The van der Waals surface area contributed by atoms with Crippen LogP contribution in [0.3, 0.4) is 0 Å². The number of imide groups is 1. The van der Waals surface area contributed by atoms with Gasteiger partial charge >= 0.3 is 0 Å². The Labute approximate surface area is 239 Å². The maximum atomic E-state index is 14.4. The van der Waals surface area contributed by atoms with Crippen molar-refractivity contribution >= 4 is 48.0 Å². The third kappa shape index (κ3) is 8.07. The first-order valence-corrected chi connectivity index (χ1v) is 16.9. The zero-order valence-electron chi connectivity index (χ0n) is 23.5. The molecule has 2 rings (SSSR count). The maximum Gasteiger partial charge on any atom is 0.268 e. The lowest BCUT2D eigenvalue weighted by Crippen LogP contribution is -2.39. The molecule has 1 unspecified atom stereocenters. The summed E-state index contributed by atoms with van der Waals surface area (Å²) in [5, 5.41) is 11.8. The molecule has 2 amide bonds. The van der Waals surface area contributed by atoms with E-state index in [2.05, 4.69) is 32.9 Å². The fourth-order valence-electron chi connectivity index (χ4n) is 5.19. The van der Waals surface area contributed by atoms with Crippen LogP contribution >= 0.6 is 30.5 Å². The Balaban J connectivity index is 2.83. The number of anilines is 1. The van der Waals surface area contributed by atoms with Gasteiger partial charge in [-0.3, -0.25) is 9.59 Å². The SMILES string of the molecule is CCCC[P+](CCCC)(CCCC)C(/C(C(=O)N(C(C)=O)c1ccc(Cl)c(Cl)c1)=C(\C)O)c1ccccc1. The van der Waals surface area contributed by atoms with Gasteiger partial charge in [0.05, 0.1) is 39.8 Å². The van der Waals surface area contributed by atoms with E-state index in [0.29, 0.717) is 16.3 Å². The first kappa shape index (κ1) is 32.3. The van der Waals surface area contributed by atoms with Crippen molar-refractivity contribution in [3.05, 3.63) is 75.5 Å². The van der Waals surface area contributed by atoms with Gasteiger partial charge in [-0.1, -0.05) is 93.6 Å². The molecule has 0 spiro atoms. The third-order valence-corrected chi connectivity index (χ3v) is 13.1. The van der Waals surface area contributed by atoms with Crippen LogP contribution in [0.15, 0.2) is 59.9 Å². The van der Waals surface area contributed by atoms with E-state index in [9.17, 15) is 14.7 Å². The van der Waals surface area contributed by atoms with Gasteiger partial charge in [0.25, 0.3) is 5.91 Å². The Morgan fingerprint density at radius 1 is 0.842 bits per heavy atom. The van der Waals surface area contributed by atoms with Gasteiger partial charge in [0.2, 0.25) is 5.91 Å². The molecule has 7 heteroatoms. The number of nitrogens with zero attached hydrogens (tertiary/aromatic N) is 1. The summed E-state index contributed by atoms with van der Waals surface area (Å²) >= 11 is 12.4. The number of hydrogen-bond donors (Lipinski definition) is 1. The van der Waals surface area contributed by atoms with Crippen molar-refractivity contribution in [1.82, 2.24) is 0 Å². The van der Waals surface area contributed by atoms with Gasteiger partial charge in [-0.2, -0.15) is 0 Å². The monoisotopic (exact) mass is 578 g/mol. The first-order chi connectivity index (χ1) is 18.1. The largest absolute Gasteiger partial charge is 0.512 e. The molecular weight excluding hydrogens is 536 g/mol. The van der Waals surface area contributed by atoms with E-state index in [-0.39, 0.29) is 16.4 Å². The molecule has 0 saturated carbocycles. The van der Waals surface area contributed by atoms with Crippen LogP contribution in [0.25, 0.3) is 0 Å². The minimum absolute atomic E-state index is 0.0379. The maximum absolute atomic E-state index is 14.4. The number of aliphatic hydroxyl groups is 1. The fraction of sp³-hybridized carbons (Fsp3) is 0.484. The highest BCUT2D eigenvalue weighted by Gasteiger charge is 2.50. The molecule has 0 aliphatic rings. The van der Waals surface area contributed by atoms with Crippen LogP contribution in [0, 0.1) is 0 Å². The number of amides is 2. The van der Waals surface area contributed by atoms with Gasteiger partial charge in [0, 0.05) is 14.2 Å². The normalized spacial score (nSPS) is 13.1. The quantitative estimate of drug-likeness (QED) is 0.138. The summed E-state index contributed by atoms with van der Waals surface area (Å²) in [6, 6.07) is 14.8. The number of unbranched alkanes of at least 4 members (excludes halogenated alkanes) is 3. The van der Waals surface area contributed by atoms with Crippen LogP contribution in [0.5, 0.6) is 0 Å². The Hall–Kier alpha value is -1.87. The molecule has 4 nitrogen and oxygen atoms in total. The predicted octanol–water partition coefficient (Wildman–Crippen LogP) is 9.86. The summed E-state index contributed by atoms with van der Waals surface area (Å²) in [6.45, 7) is 9.53. The van der Waals surface area contributed by atoms with Crippen molar-refractivity contribution in [3.8, 4) is 0 Å². The van der Waals surface area contributed by atoms with E-state index in [4.69, 9.17) is 23.2 Å². The topological polar surface area (TPSA) is 57.6 Å². The molecule has 0 aromatic heterocycles. The number of hydrogen-bond acceptors (Lipinski definition) is 3. The van der Waals surface area contributed by atoms with Crippen LogP contribution in [-0.4, -0.2) is 35.4 Å². The predicted molar refractivity (Wildman–Crippen MR) is 165 cm³/mol. The van der Waals surface area contributed by atoms with Crippen LogP contribution in [-0.2, 0) is 9.59 Å². The van der Waals surface area contributed by atoms with Crippen molar-refractivity contribution in [1.29, 1.82) is 0 Å². The highest BCUT2D eigenvalue weighted by atomic mass is 35.5. The van der Waals surface area contributed by atoms with Gasteiger partial charge in [0.15, 0.2) is 0 Å². The van der Waals surface area contributed by atoms with E-state index in [1.807, 2.05) is 18.2 Å². The number of allylic oxidation sites excluding steroid dienone is 1. The second-order valence-corrected chi connectivity index (χ2v) is 15.1. The van der Waals surface area contributed by atoms with E-state index in [0.717, 1.165) is 67.5 Å². The Kier molecular flexibility index (Phi) is 13.3. The summed E-state index contributed by atoms with van der Waals surface area (Å²) in [4.78, 5) is 28.5. The van der Waals surface area contributed by atoms with E-state index in [1.165, 1.54) is 13.0 Å². The second-order valence-electron chi connectivity index (χ2n) is 10.0. The summed E-state index contributed by atoms with van der Waals surface area (Å²) in [5.74, 6) is -0.985. The molecule has 0 aliphatic carbocycles. The van der Waals surface area contributed by atoms with Crippen LogP contribution in [0.2, 0.25) is 10.0 Å². The Bertz CT molecular complexity index is 1080. The van der Waals surface area contributed by atoms with Crippen molar-refractivity contribution in [2.75, 3.05) is 23.4 Å². The summed E-state index contributed by atoms with van der Waals surface area (Å²) < 4.78 is 0. The number of halogens is 2. The standard InChI is InChI=1S/C31H42Cl2NO3P/c1-6-9-19-38(20-10-7-2,21-11-8-3)30(25-15-13-12-14-16-25)29(23(4)35)31(37)34(24(5)36)26-17-18-27(32)28(33)22-26/h12-18,22,30H,6-11,19-21H2,1-5H3/p+1. The third-order valence-electron chi connectivity index (χ3n) is 7.11. The lowest BCUT2D eigenvalue weighted by molar-refractivity contribution is -0.123. The van der Waals surface area contributed by atoms with Crippen molar-refractivity contribution < 1.29 is 14.7 Å². The van der Waals surface area contributed by atoms with Crippen molar-refractivity contribution in [2.45, 2.75) is 78.8 Å². The Morgan fingerprint density at radius 2 is 1.37 bits per heavy atom. The summed E-state index contributed by atoms with van der Waals surface area (Å²) in [5.41, 5.74) is 1.41. The second kappa shape index (κ2) is 15.7.